The van der Waals surface area contributed by atoms with Gasteiger partial charge in [-0.3, -0.25) is 19.6 Å². The van der Waals surface area contributed by atoms with Crippen molar-refractivity contribution in [2.75, 3.05) is 0 Å². The van der Waals surface area contributed by atoms with E-state index in [2.05, 4.69) is 34.2 Å². The van der Waals surface area contributed by atoms with Crippen molar-refractivity contribution in [1.82, 2.24) is 9.97 Å². The number of carbonyl (C=O) groups is 2. The first-order chi connectivity index (χ1) is 10.7. The van der Waals surface area contributed by atoms with E-state index in [1.165, 1.54) is 24.3 Å². The van der Waals surface area contributed by atoms with Crippen molar-refractivity contribution < 1.29 is 9.59 Å². The Morgan fingerprint density at radius 3 is 1.41 bits per heavy atom. The summed E-state index contributed by atoms with van der Waals surface area (Å²) >= 11 is 0. The molecule has 0 amide bonds. The first kappa shape index (κ1) is 13.8. The van der Waals surface area contributed by atoms with Gasteiger partial charge in [0.1, 0.15) is 0 Å². The summed E-state index contributed by atoms with van der Waals surface area (Å²) < 4.78 is 0. The molecule has 106 valence electrons. The third-order valence-corrected chi connectivity index (χ3v) is 3.17. The lowest BCUT2D eigenvalue weighted by Gasteiger charge is -2.00. The van der Waals surface area contributed by atoms with Gasteiger partial charge in [0.05, 0.1) is 11.0 Å². The predicted octanol–water partition coefficient (Wildman–Crippen LogP) is 3.03. The third-order valence-electron chi connectivity index (χ3n) is 3.17. The van der Waals surface area contributed by atoms with Gasteiger partial charge in [-0.25, -0.2) is 0 Å². The van der Waals surface area contributed by atoms with Gasteiger partial charge in [0, 0.05) is 23.2 Å². The lowest BCUT2D eigenvalue weighted by atomic mass is 10.1. The number of rotatable bonds is 0. The Bertz CT molecular complexity index is 834. The summed E-state index contributed by atoms with van der Waals surface area (Å²) in [5.74, 6) is -0.241. The number of fused-ring (bicyclic) bond motifs is 3. The zero-order valence-corrected chi connectivity index (χ0v) is 11.6. The average molecular weight is 288 g/mol. The molecule has 0 radical (unpaired) electrons. The minimum absolute atomic E-state index is 0.121. The Morgan fingerprint density at radius 2 is 1.00 bits per heavy atom. The van der Waals surface area contributed by atoms with Crippen LogP contribution in [0.4, 0.5) is 0 Å². The smallest absolute Gasteiger partial charge is 0.178 e. The van der Waals surface area contributed by atoms with Crippen LogP contribution in [-0.4, -0.2) is 21.5 Å². The summed E-state index contributed by atoms with van der Waals surface area (Å²) in [5, 5.41) is 2.28. The van der Waals surface area contributed by atoms with Gasteiger partial charge in [0.25, 0.3) is 0 Å². The van der Waals surface area contributed by atoms with E-state index in [4.69, 9.17) is 0 Å². The van der Waals surface area contributed by atoms with Gasteiger partial charge in [0.2, 0.25) is 0 Å². The second-order valence-electron chi connectivity index (χ2n) is 4.69. The van der Waals surface area contributed by atoms with Crippen LogP contribution in [0.5, 0.6) is 0 Å². The summed E-state index contributed by atoms with van der Waals surface area (Å²) in [6.07, 6.45) is 8.61. The molecule has 3 aromatic rings. The first-order valence-corrected chi connectivity index (χ1v) is 6.76. The summed E-state index contributed by atoms with van der Waals surface area (Å²) in [6.45, 7) is 0. The molecule has 0 fully saturated rings. The highest BCUT2D eigenvalue weighted by Gasteiger charge is 2.00. The molecule has 4 heteroatoms. The van der Waals surface area contributed by atoms with Gasteiger partial charge in [-0.2, -0.15) is 0 Å². The molecule has 0 aliphatic heterocycles. The Hall–Kier alpha value is -3.14. The highest BCUT2D eigenvalue weighted by Crippen LogP contribution is 2.20. The molecule has 1 aliphatic carbocycles. The molecule has 2 aromatic heterocycles. The van der Waals surface area contributed by atoms with E-state index in [0.29, 0.717) is 0 Å². The molecular formula is C18H12N2O2. The lowest BCUT2D eigenvalue weighted by molar-refractivity contribution is -0.113. The largest absolute Gasteiger partial charge is 0.290 e. The minimum atomic E-state index is -0.121. The van der Waals surface area contributed by atoms with Gasteiger partial charge in [-0.1, -0.05) is 24.3 Å². The number of nitrogens with zero attached hydrogens (tertiary/aromatic N) is 2. The molecule has 2 heterocycles. The molecule has 0 saturated carbocycles. The number of hydrogen-bond acceptors (Lipinski definition) is 4. The zero-order chi connectivity index (χ0) is 15.4. The standard InChI is InChI=1S/C12H8N2.C6H4O2/c1-3-9-5-6-10-4-2-8-14-12(10)11(9)13-7-1;7-5-1-2-6(8)4-3-5/h1-8H;1-4H. The van der Waals surface area contributed by atoms with Crippen LogP contribution >= 0.6 is 0 Å². The van der Waals surface area contributed by atoms with Crippen molar-refractivity contribution in [3.05, 3.63) is 73.1 Å². The zero-order valence-electron chi connectivity index (χ0n) is 11.6. The monoisotopic (exact) mass is 288 g/mol. The van der Waals surface area contributed by atoms with Gasteiger partial charge >= 0.3 is 0 Å². The molecule has 4 rings (SSSR count). The van der Waals surface area contributed by atoms with E-state index in [9.17, 15) is 9.59 Å². The number of carbonyl (C=O) groups excluding carboxylic acids is 2. The number of benzene rings is 1. The predicted molar refractivity (Wildman–Crippen MR) is 85.3 cm³/mol. The topological polar surface area (TPSA) is 59.9 Å². The maximum atomic E-state index is 10.3. The van der Waals surface area contributed by atoms with Crippen LogP contribution in [0, 0.1) is 0 Å². The average Bonchev–Trinajstić information content (AvgIpc) is 2.58. The van der Waals surface area contributed by atoms with Gasteiger partial charge in [-0.05, 0) is 36.4 Å². The van der Waals surface area contributed by atoms with Gasteiger partial charge in [-0.15, -0.1) is 0 Å². The number of pyridine rings is 2. The Kier molecular flexibility index (Phi) is 3.83. The van der Waals surface area contributed by atoms with Crippen molar-refractivity contribution in [1.29, 1.82) is 0 Å². The minimum Gasteiger partial charge on any atom is -0.290 e. The van der Waals surface area contributed by atoms with Crippen LogP contribution in [0.15, 0.2) is 73.1 Å². The van der Waals surface area contributed by atoms with E-state index >= 15 is 0 Å². The van der Waals surface area contributed by atoms with Gasteiger partial charge in [0.15, 0.2) is 11.6 Å². The molecule has 1 aromatic carbocycles. The van der Waals surface area contributed by atoms with E-state index in [0.717, 1.165) is 21.8 Å². The molecular weight excluding hydrogens is 276 g/mol. The molecule has 0 bridgehead atoms. The van der Waals surface area contributed by atoms with Crippen molar-refractivity contribution in [3.63, 3.8) is 0 Å². The third kappa shape index (κ3) is 2.96. The van der Waals surface area contributed by atoms with Crippen LogP contribution in [0.25, 0.3) is 21.8 Å². The molecule has 0 N–H and O–H groups in total. The second-order valence-corrected chi connectivity index (χ2v) is 4.69. The molecule has 4 nitrogen and oxygen atoms in total. The number of allylic oxidation sites excluding steroid dienone is 4. The summed E-state index contributed by atoms with van der Waals surface area (Å²) in [7, 11) is 0. The molecule has 1 aliphatic rings. The van der Waals surface area contributed by atoms with E-state index in [-0.39, 0.29) is 11.6 Å². The lowest BCUT2D eigenvalue weighted by Crippen LogP contribution is -1.97. The molecule has 0 unspecified atom stereocenters. The van der Waals surface area contributed by atoms with E-state index < -0.39 is 0 Å². The fourth-order valence-corrected chi connectivity index (χ4v) is 2.12. The van der Waals surface area contributed by atoms with E-state index in [1.807, 2.05) is 12.1 Å². The maximum Gasteiger partial charge on any atom is 0.178 e. The van der Waals surface area contributed by atoms with Crippen molar-refractivity contribution in [2.24, 2.45) is 0 Å². The van der Waals surface area contributed by atoms with Crippen LogP contribution in [0.3, 0.4) is 0 Å². The van der Waals surface area contributed by atoms with Crippen molar-refractivity contribution >= 4 is 33.4 Å². The number of ketones is 2. The van der Waals surface area contributed by atoms with Crippen molar-refractivity contribution in [3.8, 4) is 0 Å². The van der Waals surface area contributed by atoms with Crippen LogP contribution in [0.2, 0.25) is 0 Å². The SMILES string of the molecule is O=C1C=CC(=O)C=C1.c1cnc2c(c1)ccc1cccnc12. The highest BCUT2D eigenvalue weighted by atomic mass is 16.1. The molecule has 0 saturated heterocycles. The quantitative estimate of drug-likeness (QED) is 0.471. The van der Waals surface area contributed by atoms with Crippen LogP contribution in [0.1, 0.15) is 0 Å². The number of hydrogen-bond donors (Lipinski definition) is 0. The second kappa shape index (κ2) is 6.10. The Labute approximate surface area is 126 Å². The van der Waals surface area contributed by atoms with Crippen LogP contribution < -0.4 is 0 Å². The summed E-state index contributed by atoms with van der Waals surface area (Å²) in [4.78, 5) is 29.3. The molecule has 22 heavy (non-hydrogen) atoms. The maximum absolute atomic E-state index is 10.3. The number of aromatic nitrogens is 2. The van der Waals surface area contributed by atoms with Gasteiger partial charge < -0.3 is 0 Å². The van der Waals surface area contributed by atoms with E-state index in [1.54, 1.807) is 12.4 Å². The molecule has 0 atom stereocenters. The Morgan fingerprint density at radius 1 is 0.591 bits per heavy atom. The molecule has 0 spiro atoms. The normalized spacial score (nSPS) is 13.3. The highest BCUT2D eigenvalue weighted by molar-refractivity contribution is 6.14. The van der Waals surface area contributed by atoms with Crippen LogP contribution in [-0.2, 0) is 9.59 Å². The first-order valence-electron chi connectivity index (χ1n) is 6.76. The Balaban J connectivity index is 0.000000154. The summed E-state index contributed by atoms with van der Waals surface area (Å²) in [5.41, 5.74) is 1.95. The van der Waals surface area contributed by atoms with Crippen molar-refractivity contribution in [2.45, 2.75) is 0 Å². The fraction of sp³-hybridized carbons (Fsp3) is 0. The summed E-state index contributed by atoms with van der Waals surface area (Å²) in [6, 6.07) is 12.1. The fourth-order valence-electron chi connectivity index (χ4n) is 2.12.